The van der Waals surface area contributed by atoms with Crippen LogP contribution in [-0.4, -0.2) is 33.5 Å². The number of ether oxygens (including phenoxy) is 1. The van der Waals surface area contributed by atoms with Gasteiger partial charge in [0, 0.05) is 19.8 Å². The van der Waals surface area contributed by atoms with Crippen LogP contribution in [0.1, 0.15) is 44.3 Å². The first kappa shape index (κ1) is 25.7. The molecule has 0 radical (unpaired) electrons. The number of hydrogen-bond donors (Lipinski definition) is 3. The third-order valence-corrected chi connectivity index (χ3v) is 7.43. The first-order valence-corrected chi connectivity index (χ1v) is 13.8. The highest BCUT2D eigenvalue weighted by molar-refractivity contribution is 9.10. The Bertz CT molecular complexity index is 1300. The maximum Gasteiger partial charge on any atom is 0.341 e. The molecule has 1 aliphatic rings. The highest BCUT2D eigenvalue weighted by atomic mass is 79.9. The fraction of sp³-hybridized carbons (Fsp3) is 0.333. The van der Waals surface area contributed by atoms with Gasteiger partial charge in [0.15, 0.2) is 6.61 Å². The molecule has 11 heteroatoms. The van der Waals surface area contributed by atoms with Crippen molar-refractivity contribution in [2.45, 2.75) is 43.9 Å². The lowest BCUT2D eigenvalue weighted by molar-refractivity contribution is -0.759. The van der Waals surface area contributed by atoms with Crippen molar-refractivity contribution in [3.63, 3.8) is 0 Å². The standard InChI is InChI=1S/C24H24Br2N4O4S/c1-2-3-4-5-10-35-24-28-23(33)21-16-11-14(25)6-8-18(16)27-22(30(21)29-24)17-12-15(26)7-9-19(17)34-13-20(31)32/h6-9,11-12,22H,2-5,10,13H2,1H3,(H2,28,29,31,32,33)/p+1/t22-/m0/s1. The first-order chi connectivity index (χ1) is 16.9. The monoisotopic (exact) mass is 623 g/mol. The average molecular weight is 625 g/mol. The smallest absolute Gasteiger partial charge is 0.341 e. The molecule has 0 saturated heterocycles. The van der Waals surface area contributed by atoms with Gasteiger partial charge in [0.05, 0.1) is 16.8 Å². The molecule has 1 aromatic heterocycles. The Morgan fingerprint density at radius 3 is 2.71 bits per heavy atom. The maximum absolute atomic E-state index is 13.3. The molecule has 4 rings (SSSR count). The van der Waals surface area contributed by atoms with Crippen LogP contribution in [0.5, 0.6) is 5.75 Å². The van der Waals surface area contributed by atoms with Gasteiger partial charge in [0.25, 0.3) is 6.17 Å². The zero-order chi connectivity index (χ0) is 24.9. The summed E-state index contributed by atoms with van der Waals surface area (Å²) in [6.45, 7) is 1.69. The van der Waals surface area contributed by atoms with E-state index in [0.717, 1.165) is 39.6 Å². The molecule has 2 aromatic carbocycles. The van der Waals surface area contributed by atoms with Gasteiger partial charge >= 0.3 is 17.2 Å². The molecular formula is C24H25Br2N4O4S+. The van der Waals surface area contributed by atoms with E-state index in [0.29, 0.717) is 27.7 Å². The Hall–Kier alpha value is -2.37. The lowest BCUT2D eigenvalue weighted by atomic mass is 10.0. The summed E-state index contributed by atoms with van der Waals surface area (Å²) < 4.78 is 8.88. The molecule has 35 heavy (non-hydrogen) atoms. The van der Waals surface area contributed by atoms with E-state index in [2.05, 4.69) is 49.1 Å². The number of nitrogens with zero attached hydrogens (tertiary/aromatic N) is 2. The zero-order valence-electron chi connectivity index (χ0n) is 19.0. The second kappa shape index (κ2) is 11.6. The van der Waals surface area contributed by atoms with Crippen molar-refractivity contribution in [3.8, 4) is 17.0 Å². The van der Waals surface area contributed by atoms with E-state index in [4.69, 9.17) is 14.9 Å². The molecule has 0 amide bonds. The lowest BCUT2D eigenvalue weighted by Gasteiger charge is -2.24. The number of hydrogen-bond acceptors (Lipinski definition) is 6. The van der Waals surface area contributed by atoms with Gasteiger partial charge in [-0.2, -0.15) is 0 Å². The summed E-state index contributed by atoms with van der Waals surface area (Å²) in [6.07, 6.45) is 3.93. The van der Waals surface area contributed by atoms with Gasteiger partial charge in [-0.3, -0.25) is 9.78 Å². The fourth-order valence-corrected chi connectivity index (χ4v) is 5.48. The van der Waals surface area contributed by atoms with Gasteiger partial charge in [0.2, 0.25) is 5.16 Å². The summed E-state index contributed by atoms with van der Waals surface area (Å²) in [4.78, 5) is 27.4. The SMILES string of the molecule is CCCCCCSc1n[n+]2c(c(=O)[nH]1)-c1cc(Br)ccc1N[C@@H]2c1cc(Br)ccc1OCC(=O)O. The quantitative estimate of drug-likeness (QED) is 0.158. The van der Waals surface area contributed by atoms with E-state index in [9.17, 15) is 9.59 Å². The number of carboxylic acids is 1. The molecule has 184 valence electrons. The minimum absolute atomic E-state index is 0.245. The molecular weight excluding hydrogens is 600 g/mol. The molecule has 0 bridgehead atoms. The van der Waals surface area contributed by atoms with Crippen molar-refractivity contribution in [1.82, 2.24) is 10.1 Å². The molecule has 0 aliphatic carbocycles. The summed E-state index contributed by atoms with van der Waals surface area (Å²) in [7, 11) is 0. The number of halogens is 2. The third kappa shape index (κ3) is 6.07. The lowest BCUT2D eigenvalue weighted by Crippen LogP contribution is -2.55. The molecule has 0 saturated carbocycles. The molecule has 1 atom stereocenters. The number of benzene rings is 2. The van der Waals surface area contributed by atoms with Crippen molar-refractivity contribution < 1.29 is 19.3 Å². The number of unbranched alkanes of at least 4 members (excludes halogenated alkanes) is 3. The first-order valence-electron chi connectivity index (χ1n) is 11.3. The number of aromatic nitrogens is 3. The second-order valence-electron chi connectivity index (χ2n) is 8.06. The van der Waals surface area contributed by atoms with Gasteiger partial charge in [-0.1, -0.05) is 69.8 Å². The third-order valence-electron chi connectivity index (χ3n) is 5.49. The summed E-state index contributed by atoms with van der Waals surface area (Å²) in [5.41, 5.74) is 2.29. The Kier molecular flexibility index (Phi) is 8.51. The van der Waals surface area contributed by atoms with Gasteiger partial charge in [0.1, 0.15) is 5.75 Å². The molecule has 0 spiro atoms. The Morgan fingerprint density at radius 2 is 1.94 bits per heavy atom. The summed E-state index contributed by atoms with van der Waals surface area (Å²) in [5.74, 6) is 0.171. The summed E-state index contributed by atoms with van der Waals surface area (Å²) in [6, 6.07) is 11.0. The van der Waals surface area contributed by atoms with Crippen LogP contribution < -0.4 is 20.3 Å². The number of anilines is 1. The predicted molar refractivity (Wildman–Crippen MR) is 142 cm³/mol. The van der Waals surface area contributed by atoms with Crippen molar-refractivity contribution in [2.24, 2.45) is 0 Å². The number of carbonyl (C=O) groups is 1. The Labute approximate surface area is 223 Å². The molecule has 0 fully saturated rings. The minimum atomic E-state index is -1.07. The topological polar surface area (TPSA) is 108 Å². The van der Waals surface area contributed by atoms with E-state index < -0.39 is 18.7 Å². The number of carboxylic acid groups (broad SMARTS) is 1. The van der Waals surface area contributed by atoms with Crippen molar-refractivity contribution in [3.05, 3.63) is 61.3 Å². The predicted octanol–water partition coefficient (Wildman–Crippen LogP) is 5.36. The van der Waals surface area contributed by atoms with E-state index in [-0.39, 0.29) is 5.56 Å². The number of rotatable bonds is 10. The van der Waals surface area contributed by atoms with E-state index in [1.807, 2.05) is 24.3 Å². The molecule has 8 nitrogen and oxygen atoms in total. The van der Waals surface area contributed by atoms with Crippen molar-refractivity contribution in [1.29, 1.82) is 0 Å². The van der Waals surface area contributed by atoms with Crippen LogP contribution in [0.2, 0.25) is 0 Å². The van der Waals surface area contributed by atoms with Crippen molar-refractivity contribution >= 4 is 55.3 Å². The number of aliphatic carboxylic acids is 1. The molecule has 3 aromatic rings. The zero-order valence-corrected chi connectivity index (χ0v) is 23.0. The van der Waals surface area contributed by atoms with Gasteiger partial charge in [-0.15, -0.1) is 0 Å². The van der Waals surface area contributed by atoms with Crippen LogP contribution in [0, 0.1) is 0 Å². The van der Waals surface area contributed by atoms with Crippen LogP contribution in [0.15, 0.2) is 55.3 Å². The number of nitrogens with one attached hydrogen (secondary N) is 2. The maximum atomic E-state index is 13.3. The number of thioether (sulfide) groups is 1. The van der Waals surface area contributed by atoms with Crippen LogP contribution >= 0.6 is 43.6 Å². The van der Waals surface area contributed by atoms with Gasteiger partial charge in [-0.05, 0) is 47.5 Å². The molecule has 1 aliphatic heterocycles. The largest absolute Gasteiger partial charge is 0.481 e. The second-order valence-corrected chi connectivity index (χ2v) is 11.0. The molecule has 2 heterocycles. The van der Waals surface area contributed by atoms with Crippen LogP contribution in [0.4, 0.5) is 5.69 Å². The fourth-order valence-electron chi connectivity index (χ4n) is 3.89. The number of fused-ring (bicyclic) bond motifs is 3. The summed E-state index contributed by atoms with van der Waals surface area (Å²) in [5, 5.41) is 17.9. The molecule has 3 N–H and O–H groups in total. The normalized spacial score (nSPS) is 14.1. The van der Waals surface area contributed by atoms with E-state index in [1.165, 1.54) is 18.2 Å². The Balaban J connectivity index is 1.80. The number of aromatic amines is 1. The van der Waals surface area contributed by atoms with Crippen LogP contribution in [0.3, 0.4) is 0 Å². The average Bonchev–Trinajstić information content (AvgIpc) is 2.82. The van der Waals surface area contributed by atoms with Crippen LogP contribution in [-0.2, 0) is 4.79 Å². The van der Waals surface area contributed by atoms with Gasteiger partial charge in [-0.25, -0.2) is 4.79 Å². The van der Waals surface area contributed by atoms with E-state index >= 15 is 0 Å². The Morgan fingerprint density at radius 1 is 1.17 bits per heavy atom. The van der Waals surface area contributed by atoms with Gasteiger partial charge < -0.3 is 15.2 Å². The highest BCUT2D eigenvalue weighted by Crippen LogP contribution is 2.37. The highest BCUT2D eigenvalue weighted by Gasteiger charge is 2.39. The summed E-state index contributed by atoms with van der Waals surface area (Å²) >= 11 is 8.51. The van der Waals surface area contributed by atoms with Crippen LogP contribution in [0.25, 0.3) is 11.3 Å². The number of H-pyrrole nitrogens is 1. The van der Waals surface area contributed by atoms with Crippen molar-refractivity contribution in [2.75, 3.05) is 17.7 Å². The minimum Gasteiger partial charge on any atom is -0.481 e. The van der Waals surface area contributed by atoms with E-state index in [1.54, 1.807) is 16.8 Å². The molecule has 0 unspecified atom stereocenters.